The minimum atomic E-state index is 0.386. The third-order valence-corrected chi connectivity index (χ3v) is 7.08. The van der Waals surface area contributed by atoms with E-state index in [1.807, 2.05) is 0 Å². The maximum Gasteiger partial charge on any atom is -0.0326 e. The standard InChI is InChI=1S/C19H41P/c1-4-7-10-12-15-18-20(17-14-9-6-3)19-16-13-11-8-5-2/h4-19H2,1-3H3. The highest BCUT2D eigenvalue weighted by Gasteiger charge is 2.07. The van der Waals surface area contributed by atoms with Gasteiger partial charge in [0.15, 0.2) is 0 Å². The Morgan fingerprint density at radius 1 is 0.400 bits per heavy atom. The monoisotopic (exact) mass is 300 g/mol. The lowest BCUT2D eigenvalue weighted by Crippen LogP contribution is -1.97. The van der Waals surface area contributed by atoms with Crippen LogP contribution in [0.25, 0.3) is 0 Å². The lowest BCUT2D eigenvalue weighted by molar-refractivity contribution is 0.651. The quantitative estimate of drug-likeness (QED) is 0.203. The molecule has 0 atom stereocenters. The molecule has 0 aliphatic rings. The molecule has 0 aromatic carbocycles. The van der Waals surface area contributed by atoms with Gasteiger partial charge < -0.3 is 0 Å². The fourth-order valence-electron chi connectivity index (χ4n) is 2.80. The SMILES string of the molecule is CCCCCCCP(CCCCC)CCCCCCC. The first-order valence-corrected chi connectivity index (χ1v) is 11.5. The first-order valence-electron chi connectivity index (χ1n) is 9.57. The van der Waals surface area contributed by atoms with Crippen LogP contribution in [0.2, 0.25) is 0 Å². The molecular weight excluding hydrogens is 259 g/mol. The number of hydrogen-bond acceptors (Lipinski definition) is 0. The molecule has 0 nitrogen and oxygen atoms in total. The van der Waals surface area contributed by atoms with Gasteiger partial charge in [0, 0.05) is 0 Å². The molecule has 0 heterocycles. The van der Waals surface area contributed by atoms with Crippen molar-refractivity contribution in [2.75, 3.05) is 18.5 Å². The Balaban J connectivity index is 3.64. The summed E-state index contributed by atoms with van der Waals surface area (Å²) in [6.45, 7) is 6.96. The van der Waals surface area contributed by atoms with Crippen molar-refractivity contribution in [3.8, 4) is 0 Å². The van der Waals surface area contributed by atoms with Gasteiger partial charge in [0.1, 0.15) is 0 Å². The van der Waals surface area contributed by atoms with E-state index in [1.54, 1.807) is 18.5 Å². The number of rotatable bonds is 16. The van der Waals surface area contributed by atoms with E-state index in [9.17, 15) is 0 Å². The van der Waals surface area contributed by atoms with Gasteiger partial charge >= 0.3 is 0 Å². The van der Waals surface area contributed by atoms with Crippen LogP contribution in [0.4, 0.5) is 0 Å². The molecule has 0 aliphatic heterocycles. The second-order valence-corrected chi connectivity index (χ2v) is 9.06. The van der Waals surface area contributed by atoms with Crippen LogP contribution in [0.5, 0.6) is 0 Å². The lowest BCUT2D eigenvalue weighted by Gasteiger charge is -2.17. The molecule has 0 saturated heterocycles. The summed E-state index contributed by atoms with van der Waals surface area (Å²) in [4.78, 5) is 0. The third-order valence-electron chi connectivity index (χ3n) is 4.23. The number of unbranched alkanes of at least 4 members (excludes halogenated alkanes) is 10. The van der Waals surface area contributed by atoms with Gasteiger partial charge in [-0.05, 0) is 37.7 Å². The average molecular weight is 301 g/mol. The maximum absolute atomic E-state index is 2.33. The average Bonchev–Trinajstić information content (AvgIpc) is 2.46. The van der Waals surface area contributed by atoms with E-state index in [-0.39, 0.29) is 0 Å². The zero-order valence-electron chi connectivity index (χ0n) is 14.8. The van der Waals surface area contributed by atoms with E-state index in [0.29, 0.717) is 7.92 Å². The Hall–Kier alpha value is 0.430. The van der Waals surface area contributed by atoms with Crippen LogP contribution >= 0.6 is 7.92 Å². The molecule has 0 aromatic heterocycles. The Labute approximate surface area is 131 Å². The summed E-state index contributed by atoms with van der Waals surface area (Å²) in [6, 6.07) is 0. The van der Waals surface area contributed by atoms with Crippen molar-refractivity contribution in [2.45, 2.75) is 104 Å². The Bertz CT molecular complexity index is 153. The Morgan fingerprint density at radius 3 is 1.10 bits per heavy atom. The van der Waals surface area contributed by atoms with E-state index >= 15 is 0 Å². The molecule has 0 amide bonds. The van der Waals surface area contributed by atoms with Crippen LogP contribution in [0.1, 0.15) is 104 Å². The summed E-state index contributed by atoms with van der Waals surface area (Å²) in [5, 5.41) is 0. The molecule has 0 unspecified atom stereocenters. The second-order valence-electron chi connectivity index (χ2n) is 6.38. The van der Waals surface area contributed by atoms with E-state index in [0.717, 1.165) is 0 Å². The van der Waals surface area contributed by atoms with Gasteiger partial charge in [-0.15, -0.1) is 7.92 Å². The smallest absolute Gasteiger partial charge is 0.0326 e. The molecule has 122 valence electrons. The summed E-state index contributed by atoms with van der Waals surface area (Å²) in [5.74, 6) is 0. The largest absolute Gasteiger partial charge is 0.107 e. The van der Waals surface area contributed by atoms with Crippen LogP contribution in [0, 0.1) is 0 Å². The first kappa shape index (κ1) is 20.4. The normalized spacial score (nSPS) is 11.4. The molecule has 0 N–H and O–H groups in total. The molecule has 0 saturated carbocycles. The van der Waals surface area contributed by atoms with Crippen LogP contribution in [0.15, 0.2) is 0 Å². The molecule has 0 aromatic rings. The summed E-state index contributed by atoms with van der Waals surface area (Å²) in [5.41, 5.74) is 0. The highest BCUT2D eigenvalue weighted by atomic mass is 31.1. The zero-order chi connectivity index (χ0) is 14.9. The number of hydrogen-bond donors (Lipinski definition) is 0. The van der Waals surface area contributed by atoms with E-state index in [4.69, 9.17) is 0 Å². The van der Waals surface area contributed by atoms with Crippen molar-refractivity contribution in [1.82, 2.24) is 0 Å². The summed E-state index contributed by atoms with van der Waals surface area (Å²) in [6.07, 6.45) is 23.7. The van der Waals surface area contributed by atoms with Crippen LogP contribution in [0.3, 0.4) is 0 Å². The molecule has 0 aliphatic carbocycles. The first-order chi connectivity index (χ1) is 9.85. The minimum absolute atomic E-state index is 0.386. The van der Waals surface area contributed by atoms with Crippen LogP contribution in [-0.4, -0.2) is 18.5 Å². The van der Waals surface area contributed by atoms with Gasteiger partial charge in [-0.1, -0.05) is 85.0 Å². The minimum Gasteiger partial charge on any atom is -0.107 e. The van der Waals surface area contributed by atoms with E-state index < -0.39 is 0 Å². The van der Waals surface area contributed by atoms with Crippen molar-refractivity contribution in [3.05, 3.63) is 0 Å². The summed E-state index contributed by atoms with van der Waals surface area (Å²) in [7, 11) is 0.386. The topological polar surface area (TPSA) is 0 Å². The Kier molecular flexibility index (Phi) is 17.9. The van der Waals surface area contributed by atoms with Crippen LogP contribution < -0.4 is 0 Å². The van der Waals surface area contributed by atoms with Gasteiger partial charge in [-0.2, -0.15) is 0 Å². The van der Waals surface area contributed by atoms with Gasteiger partial charge in [-0.3, -0.25) is 0 Å². The fraction of sp³-hybridized carbons (Fsp3) is 1.00. The fourth-order valence-corrected chi connectivity index (χ4v) is 5.48. The molecule has 0 bridgehead atoms. The summed E-state index contributed by atoms with van der Waals surface area (Å²) >= 11 is 0. The van der Waals surface area contributed by atoms with Crippen molar-refractivity contribution >= 4 is 7.92 Å². The third kappa shape index (κ3) is 14.8. The zero-order valence-corrected chi connectivity index (χ0v) is 15.7. The lowest BCUT2D eigenvalue weighted by atomic mass is 10.2. The van der Waals surface area contributed by atoms with Gasteiger partial charge in [0.05, 0.1) is 0 Å². The molecule has 0 rings (SSSR count). The predicted molar refractivity (Wildman–Crippen MR) is 98.6 cm³/mol. The van der Waals surface area contributed by atoms with Gasteiger partial charge in [-0.25, -0.2) is 0 Å². The van der Waals surface area contributed by atoms with Gasteiger partial charge in [0.2, 0.25) is 0 Å². The molecular formula is C19H41P. The second kappa shape index (κ2) is 17.5. The van der Waals surface area contributed by atoms with Crippen molar-refractivity contribution in [3.63, 3.8) is 0 Å². The van der Waals surface area contributed by atoms with E-state index in [1.165, 1.54) is 83.5 Å². The Morgan fingerprint density at radius 2 is 0.700 bits per heavy atom. The van der Waals surface area contributed by atoms with E-state index in [2.05, 4.69) is 20.8 Å². The molecule has 0 radical (unpaired) electrons. The predicted octanol–water partition coefficient (Wildman–Crippen LogP) is 7.60. The van der Waals surface area contributed by atoms with Crippen molar-refractivity contribution in [1.29, 1.82) is 0 Å². The highest BCUT2D eigenvalue weighted by molar-refractivity contribution is 7.57. The molecule has 20 heavy (non-hydrogen) atoms. The van der Waals surface area contributed by atoms with Crippen molar-refractivity contribution < 1.29 is 0 Å². The highest BCUT2D eigenvalue weighted by Crippen LogP contribution is 2.39. The molecule has 1 heteroatoms. The summed E-state index contributed by atoms with van der Waals surface area (Å²) < 4.78 is 0. The van der Waals surface area contributed by atoms with Crippen molar-refractivity contribution in [2.24, 2.45) is 0 Å². The van der Waals surface area contributed by atoms with Crippen LogP contribution in [-0.2, 0) is 0 Å². The molecule has 0 spiro atoms. The van der Waals surface area contributed by atoms with Gasteiger partial charge in [0.25, 0.3) is 0 Å². The maximum atomic E-state index is 2.33. The molecule has 0 fully saturated rings.